The zero-order valence-electron chi connectivity index (χ0n) is 15.8. The number of hydrogen-bond donors (Lipinski definition) is 2. The molecule has 146 valence electrons. The molecule has 2 aliphatic rings. The molecule has 1 unspecified atom stereocenters. The zero-order valence-corrected chi connectivity index (χ0v) is 15.8. The van der Waals surface area contributed by atoms with Gasteiger partial charge in [-0.3, -0.25) is 4.79 Å². The molecule has 0 bridgehead atoms. The summed E-state index contributed by atoms with van der Waals surface area (Å²) in [6, 6.07) is 9.48. The summed E-state index contributed by atoms with van der Waals surface area (Å²) in [5, 5.41) is 5.63. The maximum atomic E-state index is 14.7. The molecular weight excluding hydrogens is 362 g/mol. The Morgan fingerprint density at radius 2 is 2.04 bits per heavy atom. The molecule has 1 fully saturated rings. The molecule has 2 aliphatic heterocycles. The van der Waals surface area contributed by atoms with Gasteiger partial charge < -0.3 is 20.4 Å². The third kappa shape index (κ3) is 3.45. The Hall–Kier alpha value is -2.93. The quantitative estimate of drug-likeness (QED) is 0.792. The highest BCUT2D eigenvalue weighted by molar-refractivity contribution is 6.31. The number of hydrogen-bond acceptors (Lipinski definition) is 4. The SMILES string of the molecule is CN(C)C1CCN(c2ccc(NC=C3C(=O)Nc4ccc(F)cc43)cc2F)C1. The Morgan fingerprint density at radius 3 is 2.75 bits per heavy atom. The van der Waals surface area contributed by atoms with Gasteiger partial charge in [0.15, 0.2) is 0 Å². The van der Waals surface area contributed by atoms with E-state index in [1.54, 1.807) is 12.1 Å². The first-order valence-corrected chi connectivity index (χ1v) is 9.21. The lowest BCUT2D eigenvalue weighted by Gasteiger charge is -2.22. The van der Waals surface area contributed by atoms with Gasteiger partial charge in [-0.1, -0.05) is 0 Å². The van der Waals surface area contributed by atoms with Crippen LogP contribution in [0.4, 0.5) is 25.8 Å². The largest absolute Gasteiger partial charge is 0.368 e. The minimum Gasteiger partial charge on any atom is -0.368 e. The Balaban J connectivity index is 1.51. The van der Waals surface area contributed by atoms with Crippen LogP contribution in [-0.4, -0.2) is 44.0 Å². The van der Waals surface area contributed by atoms with E-state index in [0.29, 0.717) is 34.2 Å². The zero-order chi connectivity index (χ0) is 19.8. The highest BCUT2D eigenvalue weighted by Crippen LogP contribution is 2.32. The molecule has 0 radical (unpaired) electrons. The highest BCUT2D eigenvalue weighted by atomic mass is 19.1. The predicted molar refractivity (Wildman–Crippen MR) is 107 cm³/mol. The van der Waals surface area contributed by atoms with Crippen molar-refractivity contribution in [3.8, 4) is 0 Å². The summed E-state index contributed by atoms with van der Waals surface area (Å²) >= 11 is 0. The van der Waals surface area contributed by atoms with Crippen LogP contribution in [0.15, 0.2) is 42.6 Å². The number of nitrogens with zero attached hydrogens (tertiary/aromatic N) is 2. The van der Waals surface area contributed by atoms with E-state index in [9.17, 15) is 13.6 Å². The summed E-state index contributed by atoms with van der Waals surface area (Å²) in [5.41, 5.74) is 2.46. The van der Waals surface area contributed by atoms with Crippen LogP contribution in [0.25, 0.3) is 5.57 Å². The Bertz CT molecular complexity index is 957. The number of nitrogens with one attached hydrogen (secondary N) is 2. The van der Waals surface area contributed by atoms with Gasteiger partial charge in [0, 0.05) is 42.3 Å². The van der Waals surface area contributed by atoms with Crippen molar-refractivity contribution in [2.45, 2.75) is 12.5 Å². The van der Waals surface area contributed by atoms with Crippen molar-refractivity contribution in [3.05, 3.63) is 59.8 Å². The summed E-state index contributed by atoms with van der Waals surface area (Å²) in [6.45, 7) is 1.61. The molecule has 7 heteroatoms. The Kier molecular flexibility index (Phi) is 4.77. The Morgan fingerprint density at radius 1 is 1.21 bits per heavy atom. The van der Waals surface area contributed by atoms with Gasteiger partial charge in [0.2, 0.25) is 0 Å². The van der Waals surface area contributed by atoms with Crippen LogP contribution >= 0.6 is 0 Å². The molecule has 0 aliphatic carbocycles. The van der Waals surface area contributed by atoms with Crippen molar-refractivity contribution in [1.29, 1.82) is 0 Å². The van der Waals surface area contributed by atoms with Crippen LogP contribution in [0.3, 0.4) is 0 Å². The van der Waals surface area contributed by atoms with Crippen LogP contribution in [-0.2, 0) is 4.79 Å². The lowest BCUT2D eigenvalue weighted by Crippen LogP contribution is -2.31. The van der Waals surface area contributed by atoms with Gasteiger partial charge >= 0.3 is 0 Å². The van der Waals surface area contributed by atoms with E-state index in [2.05, 4.69) is 15.5 Å². The van der Waals surface area contributed by atoms with E-state index in [1.807, 2.05) is 19.0 Å². The minimum atomic E-state index is -0.418. The molecule has 1 atom stereocenters. The van der Waals surface area contributed by atoms with Gasteiger partial charge in [0.25, 0.3) is 5.91 Å². The number of benzene rings is 2. The summed E-state index contributed by atoms with van der Waals surface area (Å²) in [6.07, 6.45) is 2.48. The second kappa shape index (κ2) is 7.24. The molecule has 2 N–H and O–H groups in total. The maximum Gasteiger partial charge on any atom is 0.257 e. The van der Waals surface area contributed by atoms with E-state index in [1.165, 1.54) is 30.5 Å². The third-order valence-corrected chi connectivity index (χ3v) is 5.33. The topological polar surface area (TPSA) is 47.6 Å². The number of anilines is 3. The fourth-order valence-electron chi connectivity index (χ4n) is 3.69. The third-order valence-electron chi connectivity index (χ3n) is 5.33. The van der Waals surface area contributed by atoms with Crippen molar-refractivity contribution in [2.24, 2.45) is 0 Å². The molecule has 2 aromatic carbocycles. The number of carbonyl (C=O) groups excluding carboxylic acids is 1. The maximum absolute atomic E-state index is 14.7. The Labute approximate surface area is 162 Å². The first-order chi connectivity index (χ1) is 13.4. The molecule has 0 saturated carbocycles. The van der Waals surface area contributed by atoms with Gasteiger partial charge in [0.05, 0.1) is 11.3 Å². The summed E-state index contributed by atoms with van der Waals surface area (Å²) in [7, 11) is 4.07. The van der Waals surface area contributed by atoms with E-state index in [4.69, 9.17) is 0 Å². The smallest absolute Gasteiger partial charge is 0.257 e. The van der Waals surface area contributed by atoms with Crippen molar-refractivity contribution < 1.29 is 13.6 Å². The standard InChI is InChI=1S/C21H22F2N4O/c1-26(2)15-7-8-27(12-15)20-6-4-14(10-18(20)23)24-11-17-16-9-13(22)3-5-19(16)25-21(17)28/h3-6,9-11,15,24H,7-8,12H2,1-2H3,(H,25,28). The molecule has 4 rings (SSSR count). The van der Waals surface area contributed by atoms with Crippen molar-refractivity contribution in [1.82, 2.24) is 4.90 Å². The van der Waals surface area contributed by atoms with E-state index in [0.717, 1.165) is 19.5 Å². The van der Waals surface area contributed by atoms with Crippen molar-refractivity contribution >= 4 is 28.5 Å². The number of halogens is 2. The van der Waals surface area contributed by atoms with Crippen LogP contribution < -0.4 is 15.5 Å². The van der Waals surface area contributed by atoms with Gasteiger partial charge in [-0.05, 0) is 56.9 Å². The molecule has 28 heavy (non-hydrogen) atoms. The van der Waals surface area contributed by atoms with E-state index < -0.39 is 5.82 Å². The normalized spacial score (nSPS) is 20.0. The van der Waals surface area contributed by atoms with Crippen LogP contribution in [0.5, 0.6) is 0 Å². The lowest BCUT2D eigenvalue weighted by atomic mass is 10.1. The molecule has 2 heterocycles. The summed E-state index contributed by atoms with van der Waals surface area (Å²) < 4.78 is 28.2. The minimum absolute atomic E-state index is 0.312. The average molecular weight is 384 g/mol. The number of likely N-dealkylation sites (N-methyl/N-ethyl adjacent to an activating group) is 1. The van der Waals surface area contributed by atoms with Crippen LogP contribution in [0.1, 0.15) is 12.0 Å². The summed E-state index contributed by atoms with van der Waals surface area (Å²) in [5.74, 6) is -1.06. The van der Waals surface area contributed by atoms with Gasteiger partial charge in [-0.15, -0.1) is 0 Å². The van der Waals surface area contributed by atoms with Gasteiger partial charge in [-0.2, -0.15) is 0 Å². The fourth-order valence-corrected chi connectivity index (χ4v) is 3.69. The second-order valence-electron chi connectivity index (χ2n) is 7.36. The number of fused-ring (bicyclic) bond motifs is 1. The fraction of sp³-hybridized carbons (Fsp3) is 0.286. The van der Waals surface area contributed by atoms with E-state index in [-0.39, 0.29) is 11.7 Å². The molecular formula is C21H22F2N4O. The molecule has 0 spiro atoms. The number of carbonyl (C=O) groups is 1. The second-order valence-corrected chi connectivity index (χ2v) is 7.36. The monoisotopic (exact) mass is 384 g/mol. The number of amides is 1. The predicted octanol–water partition coefficient (Wildman–Crippen LogP) is 3.51. The molecule has 1 saturated heterocycles. The first-order valence-electron chi connectivity index (χ1n) is 9.21. The van der Waals surface area contributed by atoms with E-state index >= 15 is 0 Å². The van der Waals surface area contributed by atoms with Crippen molar-refractivity contribution in [2.75, 3.05) is 42.7 Å². The molecule has 1 amide bonds. The lowest BCUT2D eigenvalue weighted by molar-refractivity contribution is -0.110. The molecule has 2 aromatic rings. The molecule has 5 nitrogen and oxygen atoms in total. The van der Waals surface area contributed by atoms with Crippen molar-refractivity contribution in [3.63, 3.8) is 0 Å². The highest BCUT2D eigenvalue weighted by Gasteiger charge is 2.26. The van der Waals surface area contributed by atoms with Crippen LogP contribution in [0.2, 0.25) is 0 Å². The summed E-state index contributed by atoms with van der Waals surface area (Å²) in [4.78, 5) is 16.3. The molecule has 0 aromatic heterocycles. The van der Waals surface area contributed by atoms with Gasteiger partial charge in [0.1, 0.15) is 11.6 Å². The van der Waals surface area contributed by atoms with Crippen LogP contribution in [0, 0.1) is 11.6 Å². The van der Waals surface area contributed by atoms with Gasteiger partial charge in [-0.25, -0.2) is 8.78 Å². The number of rotatable bonds is 4. The average Bonchev–Trinajstić information content (AvgIpc) is 3.25. The first kappa shape index (κ1) is 18.4.